The number of aliphatic hydroxyl groups is 1. The first-order valence-electron chi connectivity index (χ1n) is 2.29. The normalized spacial score (nSPS) is 11.4. The van der Waals surface area contributed by atoms with E-state index in [2.05, 4.69) is 5.92 Å². The Kier molecular flexibility index (Phi) is 3.66. The molecule has 0 radical (unpaired) electrons. The van der Waals surface area contributed by atoms with Crippen molar-refractivity contribution < 1.29 is 5.11 Å². The molecule has 0 saturated carbocycles. The van der Waals surface area contributed by atoms with E-state index < -0.39 is 6.10 Å². The summed E-state index contributed by atoms with van der Waals surface area (Å²) in [6, 6.07) is 1.81. The van der Waals surface area contributed by atoms with E-state index in [0.717, 1.165) is 0 Å². The van der Waals surface area contributed by atoms with E-state index in [0.29, 0.717) is 0 Å². The van der Waals surface area contributed by atoms with Crippen LogP contribution in [0.25, 0.3) is 0 Å². The lowest BCUT2D eigenvalue weighted by Gasteiger charge is -1.96. The van der Waals surface area contributed by atoms with E-state index in [9.17, 15) is 0 Å². The molecule has 0 fully saturated rings. The Bertz CT molecular complexity index is 112. The van der Waals surface area contributed by atoms with Crippen LogP contribution in [0.3, 0.4) is 0 Å². The van der Waals surface area contributed by atoms with Gasteiger partial charge in [-0.25, -0.2) is 0 Å². The standard InChI is InChI=1S/C6H7NO/c1-2-3-6(8)4-5-7/h1,6,8H,3-4H2. The van der Waals surface area contributed by atoms with Crippen molar-refractivity contribution in [1.82, 2.24) is 0 Å². The van der Waals surface area contributed by atoms with Crippen LogP contribution in [0.15, 0.2) is 0 Å². The molecule has 0 aliphatic heterocycles. The minimum atomic E-state index is -0.634. The van der Waals surface area contributed by atoms with E-state index in [1.165, 1.54) is 0 Å². The lowest BCUT2D eigenvalue weighted by molar-refractivity contribution is 0.185. The number of terminal acetylenes is 1. The van der Waals surface area contributed by atoms with Crippen LogP contribution in [0.4, 0.5) is 0 Å². The quantitative estimate of drug-likeness (QED) is 0.518. The Labute approximate surface area is 48.8 Å². The van der Waals surface area contributed by atoms with Crippen LogP contribution < -0.4 is 0 Å². The van der Waals surface area contributed by atoms with Crippen molar-refractivity contribution in [2.24, 2.45) is 0 Å². The van der Waals surface area contributed by atoms with Crippen molar-refractivity contribution >= 4 is 0 Å². The second-order valence-electron chi connectivity index (χ2n) is 1.42. The molecule has 42 valence electrons. The number of nitrogens with zero attached hydrogens (tertiary/aromatic N) is 1. The van der Waals surface area contributed by atoms with Gasteiger partial charge in [-0.1, -0.05) is 0 Å². The van der Waals surface area contributed by atoms with Crippen LogP contribution in [0, 0.1) is 23.7 Å². The lowest BCUT2D eigenvalue weighted by atomic mass is 10.2. The molecule has 0 heterocycles. The fraction of sp³-hybridized carbons (Fsp3) is 0.500. The minimum absolute atomic E-state index is 0.129. The van der Waals surface area contributed by atoms with Crippen molar-refractivity contribution in [2.45, 2.75) is 18.9 Å². The molecule has 0 aromatic heterocycles. The van der Waals surface area contributed by atoms with Gasteiger partial charge in [0, 0.05) is 6.42 Å². The Morgan fingerprint density at radius 1 is 1.62 bits per heavy atom. The summed E-state index contributed by atoms with van der Waals surface area (Å²) in [6.07, 6.45) is 4.61. The minimum Gasteiger partial charge on any atom is -0.391 e. The van der Waals surface area contributed by atoms with E-state index in [-0.39, 0.29) is 12.8 Å². The van der Waals surface area contributed by atoms with Gasteiger partial charge in [0.15, 0.2) is 0 Å². The molecule has 1 N–H and O–H groups in total. The van der Waals surface area contributed by atoms with Gasteiger partial charge >= 0.3 is 0 Å². The third-order valence-electron chi connectivity index (χ3n) is 0.680. The molecule has 0 spiro atoms. The SMILES string of the molecule is C#CCC(O)CC#N. The van der Waals surface area contributed by atoms with Crippen molar-refractivity contribution in [3.8, 4) is 18.4 Å². The highest BCUT2D eigenvalue weighted by Gasteiger charge is 1.97. The fourth-order valence-electron chi connectivity index (χ4n) is 0.314. The molecule has 0 rings (SSSR count). The number of hydrogen-bond donors (Lipinski definition) is 1. The molecule has 8 heavy (non-hydrogen) atoms. The number of aliphatic hydroxyl groups excluding tert-OH is 1. The molecule has 1 atom stereocenters. The Balaban J connectivity index is 3.25. The first-order valence-corrected chi connectivity index (χ1v) is 2.29. The van der Waals surface area contributed by atoms with Gasteiger partial charge in [-0.15, -0.1) is 12.3 Å². The van der Waals surface area contributed by atoms with Gasteiger partial charge in [-0.3, -0.25) is 0 Å². The maximum absolute atomic E-state index is 8.68. The highest BCUT2D eigenvalue weighted by atomic mass is 16.3. The summed E-state index contributed by atoms with van der Waals surface area (Å²) in [5.74, 6) is 2.25. The average molecular weight is 109 g/mol. The van der Waals surface area contributed by atoms with Crippen molar-refractivity contribution in [3.63, 3.8) is 0 Å². The summed E-state index contributed by atoms with van der Waals surface area (Å²) in [7, 11) is 0. The smallest absolute Gasteiger partial charge is 0.0779 e. The van der Waals surface area contributed by atoms with E-state index in [4.69, 9.17) is 16.8 Å². The van der Waals surface area contributed by atoms with Crippen LogP contribution in [0.5, 0.6) is 0 Å². The second kappa shape index (κ2) is 4.18. The Morgan fingerprint density at radius 2 is 2.25 bits per heavy atom. The summed E-state index contributed by atoms with van der Waals surface area (Å²) in [5, 5.41) is 16.7. The zero-order valence-corrected chi connectivity index (χ0v) is 4.46. The third-order valence-corrected chi connectivity index (χ3v) is 0.680. The largest absolute Gasteiger partial charge is 0.391 e. The average Bonchev–Trinajstić information content (AvgIpc) is 1.68. The van der Waals surface area contributed by atoms with Crippen LogP contribution in [-0.2, 0) is 0 Å². The van der Waals surface area contributed by atoms with Crippen molar-refractivity contribution in [2.75, 3.05) is 0 Å². The number of nitriles is 1. The summed E-state index contributed by atoms with van der Waals surface area (Å²) in [5.41, 5.74) is 0. The third kappa shape index (κ3) is 3.21. The maximum Gasteiger partial charge on any atom is 0.0779 e. The summed E-state index contributed by atoms with van der Waals surface area (Å²) < 4.78 is 0. The molecule has 0 aromatic carbocycles. The molecule has 0 bridgehead atoms. The molecule has 0 amide bonds. The summed E-state index contributed by atoms with van der Waals surface area (Å²) >= 11 is 0. The van der Waals surface area contributed by atoms with E-state index >= 15 is 0 Å². The predicted octanol–water partition coefficient (Wildman–Crippen LogP) is 0.284. The zero-order valence-electron chi connectivity index (χ0n) is 4.46. The number of rotatable bonds is 2. The molecular weight excluding hydrogens is 102 g/mol. The van der Waals surface area contributed by atoms with Crippen LogP contribution >= 0.6 is 0 Å². The Hall–Kier alpha value is -0.990. The van der Waals surface area contributed by atoms with Gasteiger partial charge in [0.05, 0.1) is 18.6 Å². The van der Waals surface area contributed by atoms with Gasteiger partial charge in [0.1, 0.15) is 0 Å². The van der Waals surface area contributed by atoms with Crippen molar-refractivity contribution in [3.05, 3.63) is 0 Å². The second-order valence-corrected chi connectivity index (χ2v) is 1.42. The molecule has 2 nitrogen and oxygen atoms in total. The van der Waals surface area contributed by atoms with Crippen LogP contribution in [0.2, 0.25) is 0 Å². The van der Waals surface area contributed by atoms with E-state index in [1.54, 1.807) is 6.07 Å². The zero-order chi connectivity index (χ0) is 6.41. The first kappa shape index (κ1) is 7.01. The summed E-state index contributed by atoms with van der Waals surface area (Å²) in [4.78, 5) is 0. The molecule has 0 aromatic rings. The summed E-state index contributed by atoms with van der Waals surface area (Å²) in [6.45, 7) is 0. The molecular formula is C6H7NO. The highest BCUT2D eigenvalue weighted by Crippen LogP contribution is 1.92. The van der Waals surface area contributed by atoms with E-state index in [1.807, 2.05) is 0 Å². The molecule has 0 saturated heterocycles. The molecule has 0 aliphatic rings. The monoisotopic (exact) mass is 109 g/mol. The fourth-order valence-corrected chi connectivity index (χ4v) is 0.314. The van der Waals surface area contributed by atoms with Gasteiger partial charge in [-0.2, -0.15) is 5.26 Å². The highest BCUT2D eigenvalue weighted by molar-refractivity contribution is 4.89. The van der Waals surface area contributed by atoms with Crippen molar-refractivity contribution in [1.29, 1.82) is 5.26 Å². The first-order chi connectivity index (χ1) is 3.81. The van der Waals surface area contributed by atoms with Gasteiger partial charge in [0.2, 0.25) is 0 Å². The molecule has 1 unspecified atom stereocenters. The van der Waals surface area contributed by atoms with Gasteiger partial charge in [-0.05, 0) is 0 Å². The lowest BCUT2D eigenvalue weighted by Crippen LogP contribution is -2.02. The Morgan fingerprint density at radius 3 is 2.62 bits per heavy atom. The topological polar surface area (TPSA) is 44.0 Å². The molecule has 0 aliphatic carbocycles. The van der Waals surface area contributed by atoms with Crippen LogP contribution in [0.1, 0.15) is 12.8 Å². The predicted molar refractivity (Wildman–Crippen MR) is 29.7 cm³/mol. The van der Waals surface area contributed by atoms with Gasteiger partial charge < -0.3 is 5.11 Å². The van der Waals surface area contributed by atoms with Gasteiger partial charge in [0.25, 0.3) is 0 Å². The van der Waals surface area contributed by atoms with Crippen LogP contribution in [-0.4, -0.2) is 11.2 Å². The maximum atomic E-state index is 8.68. The number of hydrogen-bond acceptors (Lipinski definition) is 2. The molecule has 2 heteroatoms.